The first kappa shape index (κ1) is 19.8. The van der Waals surface area contributed by atoms with Crippen LogP contribution in [0.3, 0.4) is 0 Å². The van der Waals surface area contributed by atoms with Crippen LogP contribution < -0.4 is 10.1 Å². The maximum absolute atomic E-state index is 13.1. The van der Waals surface area contributed by atoms with E-state index in [2.05, 4.69) is 15.3 Å². The minimum Gasteiger partial charge on any atom is -0.493 e. The summed E-state index contributed by atoms with van der Waals surface area (Å²) in [5.41, 5.74) is 2.83. The monoisotopic (exact) mass is 433 g/mol. The Morgan fingerprint density at radius 2 is 2.10 bits per heavy atom. The first-order valence-corrected chi connectivity index (χ1v) is 11.0. The quantitative estimate of drug-likeness (QED) is 0.582. The van der Waals surface area contributed by atoms with Gasteiger partial charge >= 0.3 is 0 Å². The Morgan fingerprint density at radius 3 is 2.90 bits per heavy atom. The molecule has 1 saturated carbocycles. The summed E-state index contributed by atoms with van der Waals surface area (Å²) in [6.07, 6.45) is 4.49. The van der Waals surface area contributed by atoms with Crippen LogP contribution in [0.5, 0.6) is 5.75 Å². The molecule has 1 aliphatic heterocycles. The van der Waals surface area contributed by atoms with Gasteiger partial charge in [0.1, 0.15) is 11.6 Å². The lowest BCUT2D eigenvalue weighted by Crippen LogP contribution is -2.20. The molecule has 3 aromatic rings. The number of aromatic nitrogens is 1. The van der Waals surface area contributed by atoms with Gasteiger partial charge in [-0.25, -0.2) is 4.39 Å². The predicted octanol–water partition coefficient (Wildman–Crippen LogP) is 4.89. The van der Waals surface area contributed by atoms with Gasteiger partial charge in [-0.3, -0.25) is 14.8 Å². The third kappa shape index (κ3) is 4.18. The second-order valence-corrected chi connectivity index (χ2v) is 8.51. The van der Waals surface area contributed by atoms with Gasteiger partial charge < -0.3 is 10.1 Å². The zero-order chi connectivity index (χ0) is 21.4. The summed E-state index contributed by atoms with van der Waals surface area (Å²) in [5, 5.41) is 4.38. The fraction of sp³-hybridized carbons (Fsp3) is 0.208. The van der Waals surface area contributed by atoms with Crippen LogP contribution in [0.4, 0.5) is 4.39 Å². The summed E-state index contributed by atoms with van der Waals surface area (Å²) in [7, 11) is 0. The molecule has 156 valence electrons. The van der Waals surface area contributed by atoms with E-state index in [9.17, 15) is 9.18 Å². The van der Waals surface area contributed by atoms with Gasteiger partial charge in [-0.1, -0.05) is 18.2 Å². The van der Waals surface area contributed by atoms with Crippen LogP contribution in [0, 0.1) is 5.82 Å². The number of benzene rings is 2. The Labute approximate surface area is 183 Å². The molecule has 7 heteroatoms. The van der Waals surface area contributed by atoms with Crippen molar-refractivity contribution in [1.29, 1.82) is 0 Å². The first-order valence-electron chi connectivity index (χ1n) is 10.2. The number of thioether (sulfide) groups is 1. The van der Waals surface area contributed by atoms with E-state index in [1.165, 1.54) is 23.9 Å². The van der Waals surface area contributed by atoms with Crippen molar-refractivity contribution in [2.75, 3.05) is 6.61 Å². The van der Waals surface area contributed by atoms with E-state index in [1.54, 1.807) is 18.3 Å². The molecule has 2 atom stereocenters. The number of amidine groups is 1. The van der Waals surface area contributed by atoms with Crippen molar-refractivity contribution in [1.82, 2.24) is 10.3 Å². The van der Waals surface area contributed by atoms with Gasteiger partial charge in [-0.15, -0.1) is 0 Å². The number of nitrogens with one attached hydrogen (secondary N) is 1. The van der Waals surface area contributed by atoms with Crippen LogP contribution in [0.25, 0.3) is 17.0 Å². The lowest BCUT2D eigenvalue weighted by molar-refractivity contribution is -0.115. The highest BCUT2D eigenvalue weighted by atomic mass is 32.2. The second-order valence-electron chi connectivity index (χ2n) is 7.48. The lowest BCUT2D eigenvalue weighted by Gasteiger charge is -2.07. The SMILES string of the molecule is CCOc1ccnc2ccc(/C=C3/SC(=NC4CC4c4ccc(F)cc4)NC3=O)cc12. The Balaban J connectivity index is 1.34. The van der Waals surface area contributed by atoms with Crippen LogP contribution in [-0.2, 0) is 4.79 Å². The van der Waals surface area contributed by atoms with Crippen molar-refractivity contribution >= 4 is 39.8 Å². The molecule has 5 nitrogen and oxygen atoms in total. The maximum Gasteiger partial charge on any atom is 0.264 e. The molecular weight excluding hydrogens is 413 g/mol. The summed E-state index contributed by atoms with van der Waals surface area (Å²) < 4.78 is 18.8. The van der Waals surface area contributed by atoms with E-state index >= 15 is 0 Å². The average molecular weight is 434 g/mol. The molecule has 1 N–H and O–H groups in total. The largest absolute Gasteiger partial charge is 0.493 e. The van der Waals surface area contributed by atoms with Crippen molar-refractivity contribution in [3.05, 3.63) is 76.6 Å². The number of carbonyl (C=O) groups excluding carboxylic acids is 1. The highest BCUT2D eigenvalue weighted by Gasteiger charge is 2.39. The number of aliphatic imine (C=N–C) groups is 1. The highest BCUT2D eigenvalue weighted by Crippen LogP contribution is 2.44. The van der Waals surface area contributed by atoms with Crippen LogP contribution in [0.15, 0.2) is 64.6 Å². The Kier molecular flexibility index (Phi) is 5.19. The van der Waals surface area contributed by atoms with E-state index in [4.69, 9.17) is 4.74 Å². The molecule has 2 aliphatic rings. The number of fused-ring (bicyclic) bond motifs is 1. The Morgan fingerprint density at radius 1 is 1.26 bits per heavy atom. The summed E-state index contributed by atoms with van der Waals surface area (Å²) in [6, 6.07) is 14.4. The van der Waals surface area contributed by atoms with Crippen molar-refractivity contribution in [2.45, 2.75) is 25.3 Å². The standard InChI is InChI=1S/C24H20FN3O2S/c1-2-30-21-9-10-26-19-8-3-14(11-18(19)21)12-22-23(29)28-24(31-22)27-20-13-17(20)15-4-6-16(25)7-5-15/h3-12,17,20H,2,13H2,1H3,(H,27,28,29)/b22-12+. The van der Waals surface area contributed by atoms with Crippen LogP contribution in [-0.4, -0.2) is 28.7 Å². The average Bonchev–Trinajstić information content (AvgIpc) is 3.44. The Bertz CT molecular complexity index is 1220. The number of nitrogens with zero attached hydrogens (tertiary/aromatic N) is 2. The molecule has 2 fully saturated rings. The molecule has 0 spiro atoms. The third-order valence-electron chi connectivity index (χ3n) is 5.31. The second kappa shape index (κ2) is 8.15. The third-order valence-corrected chi connectivity index (χ3v) is 6.24. The smallest absolute Gasteiger partial charge is 0.264 e. The van der Waals surface area contributed by atoms with Crippen LogP contribution in [0.1, 0.15) is 30.4 Å². The van der Waals surface area contributed by atoms with Crippen molar-refractivity contribution in [3.8, 4) is 5.75 Å². The minimum atomic E-state index is -0.237. The van der Waals surface area contributed by atoms with E-state index in [0.29, 0.717) is 16.7 Å². The van der Waals surface area contributed by atoms with Crippen molar-refractivity contribution < 1.29 is 13.9 Å². The molecule has 2 heterocycles. The molecule has 0 radical (unpaired) electrons. The molecule has 1 aliphatic carbocycles. The summed E-state index contributed by atoms with van der Waals surface area (Å²) in [4.78, 5) is 22.1. The topological polar surface area (TPSA) is 63.6 Å². The predicted molar refractivity (Wildman–Crippen MR) is 122 cm³/mol. The highest BCUT2D eigenvalue weighted by molar-refractivity contribution is 8.18. The molecule has 5 rings (SSSR count). The fourth-order valence-electron chi connectivity index (χ4n) is 3.69. The van der Waals surface area contributed by atoms with Gasteiger partial charge in [-0.2, -0.15) is 0 Å². The fourth-order valence-corrected chi connectivity index (χ4v) is 4.57. The maximum atomic E-state index is 13.1. The van der Waals surface area contributed by atoms with E-state index in [-0.39, 0.29) is 23.7 Å². The normalized spacial score (nSPS) is 22.8. The molecule has 1 aromatic heterocycles. The number of rotatable bonds is 5. The minimum absolute atomic E-state index is 0.119. The molecule has 1 amide bonds. The number of hydrogen-bond acceptors (Lipinski definition) is 5. The number of halogens is 1. The molecule has 2 unspecified atom stereocenters. The van der Waals surface area contributed by atoms with Gasteiger partial charge in [0, 0.05) is 17.5 Å². The van der Waals surface area contributed by atoms with Gasteiger partial charge in [0.05, 0.1) is 23.1 Å². The van der Waals surface area contributed by atoms with Gasteiger partial charge in [-0.05, 0) is 72.6 Å². The zero-order valence-electron chi connectivity index (χ0n) is 16.8. The van der Waals surface area contributed by atoms with Gasteiger partial charge in [0.2, 0.25) is 0 Å². The molecule has 1 saturated heterocycles. The molecule has 31 heavy (non-hydrogen) atoms. The van der Waals surface area contributed by atoms with E-state index < -0.39 is 0 Å². The lowest BCUT2D eigenvalue weighted by atomic mass is 10.1. The van der Waals surface area contributed by atoms with Crippen molar-refractivity contribution in [2.24, 2.45) is 4.99 Å². The van der Waals surface area contributed by atoms with Crippen molar-refractivity contribution in [3.63, 3.8) is 0 Å². The molecule has 2 aromatic carbocycles. The number of hydrogen-bond donors (Lipinski definition) is 1. The van der Waals surface area contributed by atoms with Gasteiger partial charge in [0.25, 0.3) is 5.91 Å². The van der Waals surface area contributed by atoms with Gasteiger partial charge in [0.15, 0.2) is 5.17 Å². The first-order chi connectivity index (χ1) is 15.1. The summed E-state index contributed by atoms with van der Waals surface area (Å²) >= 11 is 1.35. The molecule has 0 bridgehead atoms. The summed E-state index contributed by atoms with van der Waals surface area (Å²) in [5.74, 6) is 0.667. The van der Waals surface area contributed by atoms with E-state index in [0.717, 1.165) is 34.2 Å². The number of ether oxygens (including phenoxy) is 1. The van der Waals surface area contributed by atoms with Crippen LogP contribution in [0.2, 0.25) is 0 Å². The number of carbonyl (C=O) groups is 1. The number of pyridine rings is 1. The number of amides is 1. The summed E-state index contributed by atoms with van der Waals surface area (Å²) in [6.45, 7) is 2.52. The van der Waals surface area contributed by atoms with E-state index in [1.807, 2.05) is 37.3 Å². The van der Waals surface area contributed by atoms with Crippen LogP contribution >= 0.6 is 11.8 Å². The molecular formula is C24H20FN3O2S. The Hall–Kier alpha value is -3.19. The zero-order valence-corrected chi connectivity index (χ0v) is 17.7.